The molecule has 1 aromatic rings. The number of aliphatic carboxylic acids is 1. The number of hydrogen-bond donors (Lipinski definition) is 2. The first-order valence-electron chi connectivity index (χ1n) is 5.67. The van der Waals surface area contributed by atoms with E-state index in [9.17, 15) is 14.7 Å². The van der Waals surface area contributed by atoms with Crippen LogP contribution in [-0.2, 0) is 14.3 Å². The van der Waals surface area contributed by atoms with Gasteiger partial charge in [-0.1, -0.05) is 0 Å². The van der Waals surface area contributed by atoms with Crippen LogP contribution in [0.1, 0.15) is 19.4 Å². The monoisotopic (exact) mass is 253 g/mol. The topological polar surface area (TPSA) is 93.5 Å². The largest absolute Gasteiger partial charge is 0.479 e. The van der Waals surface area contributed by atoms with Crippen LogP contribution in [0.2, 0.25) is 0 Å². The molecule has 2 atom stereocenters. The first-order valence-corrected chi connectivity index (χ1v) is 5.67. The molecule has 0 spiro atoms. The van der Waals surface area contributed by atoms with Gasteiger partial charge in [0.15, 0.2) is 5.54 Å². The summed E-state index contributed by atoms with van der Waals surface area (Å²) < 4.78 is 6.55. The molecule has 7 nitrogen and oxygen atoms in total. The van der Waals surface area contributed by atoms with Crippen molar-refractivity contribution in [3.8, 4) is 0 Å². The van der Waals surface area contributed by atoms with E-state index in [1.165, 1.54) is 4.68 Å². The summed E-state index contributed by atoms with van der Waals surface area (Å²) in [4.78, 5) is 23.3. The summed E-state index contributed by atoms with van der Waals surface area (Å²) in [6.45, 7) is 2.00. The minimum absolute atomic E-state index is 0.0000987. The van der Waals surface area contributed by atoms with E-state index in [0.29, 0.717) is 6.61 Å². The van der Waals surface area contributed by atoms with Crippen LogP contribution in [0.5, 0.6) is 0 Å². The number of carboxylic acids is 1. The average Bonchev–Trinajstić information content (AvgIpc) is 2.99. The number of amides is 1. The smallest absolute Gasteiger partial charge is 0.331 e. The van der Waals surface area contributed by atoms with Gasteiger partial charge in [-0.3, -0.25) is 9.48 Å². The van der Waals surface area contributed by atoms with Crippen LogP contribution in [0.3, 0.4) is 0 Å². The Kier molecular flexibility index (Phi) is 3.33. The Balaban J connectivity index is 2.08. The summed E-state index contributed by atoms with van der Waals surface area (Å²) in [7, 11) is 0. The van der Waals surface area contributed by atoms with E-state index in [2.05, 4.69) is 10.4 Å². The molecule has 1 saturated heterocycles. The standard InChI is InChI=1S/C11H15N3O4/c1-8(14-5-2-4-12-14)9(15)13-11(10(16)17)3-6-18-7-11/h2,4-5,8H,3,6-7H2,1H3,(H,13,15)(H,16,17). The average molecular weight is 253 g/mol. The fourth-order valence-corrected chi connectivity index (χ4v) is 1.86. The zero-order valence-electron chi connectivity index (χ0n) is 10.00. The second-order valence-corrected chi connectivity index (χ2v) is 4.34. The van der Waals surface area contributed by atoms with Gasteiger partial charge < -0.3 is 15.2 Å². The van der Waals surface area contributed by atoms with Gasteiger partial charge in [-0.05, 0) is 13.0 Å². The van der Waals surface area contributed by atoms with E-state index >= 15 is 0 Å². The van der Waals surface area contributed by atoms with Gasteiger partial charge >= 0.3 is 5.97 Å². The Hall–Kier alpha value is -1.89. The zero-order chi connectivity index (χ0) is 13.2. The molecule has 2 rings (SSSR count). The number of nitrogens with one attached hydrogen (secondary N) is 1. The van der Waals surface area contributed by atoms with E-state index < -0.39 is 17.6 Å². The van der Waals surface area contributed by atoms with Crippen LogP contribution in [0, 0.1) is 0 Å². The highest BCUT2D eigenvalue weighted by Crippen LogP contribution is 2.20. The quantitative estimate of drug-likeness (QED) is 0.775. The fourth-order valence-electron chi connectivity index (χ4n) is 1.86. The molecule has 0 aromatic carbocycles. The van der Waals surface area contributed by atoms with Gasteiger partial charge in [0, 0.05) is 25.4 Å². The highest BCUT2D eigenvalue weighted by atomic mass is 16.5. The van der Waals surface area contributed by atoms with Gasteiger partial charge in [0.2, 0.25) is 5.91 Å². The van der Waals surface area contributed by atoms with Crippen LogP contribution in [0.15, 0.2) is 18.5 Å². The lowest BCUT2D eigenvalue weighted by molar-refractivity contribution is -0.148. The lowest BCUT2D eigenvalue weighted by Gasteiger charge is -2.25. The third-order valence-electron chi connectivity index (χ3n) is 3.09. The van der Waals surface area contributed by atoms with Gasteiger partial charge in [-0.2, -0.15) is 5.10 Å². The number of carboxylic acid groups (broad SMARTS) is 1. The molecule has 7 heteroatoms. The number of rotatable bonds is 4. The summed E-state index contributed by atoms with van der Waals surface area (Å²) in [5, 5.41) is 15.7. The molecule has 1 aliphatic heterocycles. The van der Waals surface area contributed by atoms with Crippen LogP contribution in [-0.4, -0.2) is 45.5 Å². The number of ether oxygens (including phenoxy) is 1. The van der Waals surface area contributed by atoms with E-state index in [1.807, 2.05) is 0 Å². The van der Waals surface area contributed by atoms with Crippen molar-refractivity contribution in [3.05, 3.63) is 18.5 Å². The third-order valence-corrected chi connectivity index (χ3v) is 3.09. The molecule has 0 radical (unpaired) electrons. The second-order valence-electron chi connectivity index (χ2n) is 4.34. The molecule has 0 bridgehead atoms. The Morgan fingerprint density at radius 1 is 1.61 bits per heavy atom. The Labute approximate surface area is 104 Å². The molecule has 0 aliphatic carbocycles. The lowest BCUT2D eigenvalue weighted by atomic mass is 9.98. The molecule has 1 fully saturated rings. The number of hydrogen-bond acceptors (Lipinski definition) is 4. The van der Waals surface area contributed by atoms with Crippen molar-refractivity contribution >= 4 is 11.9 Å². The molecule has 98 valence electrons. The maximum atomic E-state index is 12.0. The first kappa shape index (κ1) is 12.6. The predicted molar refractivity (Wildman–Crippen MR) is 60.9 cm³/mol. The molecule has 1 aliphatic rings. The van der Waals surface area contributed by atoms with Gasteiger partial charge in [-0.25, -0.2) is 4.79 Å². The van der Waals surface area contributed by atoms with Crippen molar-refractivity contribution in [2.75, 3.05) is 13.2 Å². The molecule has 0 saturated carbocycles. The maximum absolute atomic E-state index is 12.0. The zero-order valence-corrected chi connectivity index (χ0v) is 10.00. The van der Waals surface area contributed by atoms with Crippen molar-refractivity contribution in [1.29, 1.82) is 0 Å². The summed E-state index contributed by atoms with van der Waals surface area (Å²) in [5.41, 5.74) is -1.31. The minimum atomic E-state index is -1.31. The Bertz CT molecular complexity index is 437. The van der Waals surface area contributed by atoms with E-state index in [1.54, 1.807) is 25.4 Å². The SMILES string of the molecule is CC(C(=O)NC1(C(=O)O)CCOC1)n1cccn1. The minimum Gasteiger partial charge on any atom is -0.479 e. The Morgan fingerprint density at radius 2 is 2.39 bits per heavy atom. The molecule has 1 amide bonds. The fraction of sp³-hybridized carbons (Fsp3) is 0.545. The van der Waals surface area contributed by atoms with E-state index in [-0.39, 0.29) is 18.9 Å². The predicted octanol–water partition coefficient (Wildman–Crippen LogP) is -0.196. The molecule has 2 unspecified atom stereocenters. The summed E-state index contributed by atoms with van der Waals surface area (Å²) >= 11 is 0. The van der Waals surface area contributed by atoms with Crippen LogP contribution < -0.4 is 5.32 Å². The van der Waals surface area contributed by atoms with Crippen molar-refractivity contribution in [2.45, 2.75) is 24.9 Å². The molecule has 18 heavy (non-hydrogen) atoms. The number of nitrogens with zero attached hydrogens (tertiary/aromatic N) is 2. The molecular weight excluding hydrogens is 238 g/mol. The van der Waals surface area contributed by atoms with E-state index in [4.69, 9.17) is 4.74 Å². The number of carbonyl (C=O) groups is 2. The van der Waals surface area contributed by atoms with Gasteiger partial charge in [0.25, 0.3) is 0 Å². The van der Waals surface area contributed by atoms with E-state index in [0.717, 1.165) is 0 Å². The molecule has 2 N–H and O–H groups in total. The number of carbonyl (C=O) groups excluding carboxylic acids is 1. The highest BCUT2D eigenvalue weighted by molar-refractivity contribution is 5.89. The van der Waals surface area contributed by atoms with Crippen molar-refractivity contribution in [2.24, 2.45) is 0 Å². The van der Waals surface area contributed by atoms with Crippen LogP contribution in [0.25, 0.3) is 0 Å². The summed E-state index contributed by atoms with van der Waals surface area (Å²) in [5.74, 6) is -1.45. The normalized spacial score (nSPS) is 24.7. The molecule has 2 heterocycles. The Morgan fingerprint density at radius 3 is 2.89 bits per heavy atom. The number of aromatic nitrogens is 2. The third kappa shape index (κ3) is 2.21. The van der Waals surface area contributed by atoms with Gasteiger partial charge in [0.05, 0.1) is 6.61 Å². The molecule has 1 aromatic heterocycles. The van der Waals surface area contributed by atoms with Crippen LogP contribution >= 0.6 is 0 Å². The highest BCUT2D eigenvalue weighted by Gasteiger charge is 2.44. The summed E-state index contributed by atoms with van der Waals surface area (Å²) in [6.07, 6.45) is 3.50. The van der Waals surface area contributed by atoms with Crippen LogP contribution in [0.4, 0.5) is 0 Å². The first-order chi connectivity index (χ1) is 8.55. The van der Waals surface area contributed by atoms with Crippen molar-refractivity contribution in [3.63, 3.8) is 0 Å². The van der Waals surface area contributed by atoms with Gasteiger partial charge in [-0.15, -0.1) is 0 Å². The van der Waals surface area contributed by atoms with Crippen molar-refractivity contribution < 1.29 is 19.4 Å². The maximum Gasteiger partial charge on any atom is 0.331 e. The molecular formula is C11H15N3O4. The lowest BCUT2D eigenvalue weighted by Crippen LogP contribution is -2.56. The van der Waals surface area contributed by atoms with Gasteiger partial charge in [0.1, 0.15) is 6.04 Å². The van der Waals surface area contributed by atoms with Crippen molar-refractivity contribution in [1.82, 2.24) is 15.1 Å². The second kappa shape index (κ2) is 4.77. The summed E-state index contributed by atoms with van der Waals surface area (Å²) in [6, 6.07) is 1.15.